The van der Waals surface area contributed by atoms with Crippen LogP contribution in [0.3, 0.4) is 0 Å². The van der Waals surface area contributed by atoms with Crippen LogP contribution in [0.15, 0.2) is 54.6 Å². The zero-order valence-corrected chi connectivity index (χ0v) is 12.6. The van der Waals surface area contributed by atoms with E-state index in [4.69, 9.17) is 0 Å². The summed E-state index contributed by atoms with van der Waals surface area (Å²) in [6.45, 7) is 0. The molecule has 0 spiro atoms. The Bertz CT molecular complexity index is 659. The first kappa shape index (κ1) is 16.2. The Morgan fingerprint density at radius 3 is 2.59 bits per heavy atom. The maximum Gasteiger partial charge on any atom is 0.234 e. The quantitative estimate of drug-likeness (QED) is 0.802. The fourth-order valence-corrected chi connectivity index (χ4v) is 2.35. The number of hydrogen-bond acceptors (Lipinski definition) is 2. The van der Waals surface area contributed by atoms with Crippen molar-refractivity contribution in [3.05, 3.63) is 71.8 Å². The van der Waals surface area contributed by atoms with Crippen LogP contribution in [0.5, 0.6) is 0 Å². The number of carbonyl (C=O) groups excluding carboxylic acids is 1. The van der Waals surface area contributed by atoms with Crippen LogP contribution in [0, 0.1) is 11.6 Å². The smallest absolute Gasteiger partial charge is 0.234 e. The minimum Gasteiger partial charge on any atom is -0.325 e. The van der Waals surface area contributed by atoms with E-state index in [-0.39, 0.29) is 17.3 Å². The number of benzene rings is 2. The molecule has 0 radical (unpaired) electrons. The van der Waals surface area contributed by atoms with Gasteiger partial charge in [0.25, 0.3) is 0 Å². The standard InChI is InChI=1S/C17H15F2NOS/c18-15-9-8-14(11-16(15)19)20-17(21)12-22-10-4-7-13-5-2-1-3-6-13/h1-9,11H,10,12H2,(H,20,21)/b7-4-. The highest BCUT2D eigenvalue weighted by atomic mass is 32.2. The van der Waals surface area contributed by atoms with E-state index in [1.54, 1.807) is 0 Å². The van der Waals surface area contributed by atoms with E-state index < -0.39 is 11.6 Å². The molecule has 2 nitrogen and oxygen atoms in total. The van der Waals surface area contributed by atoms with Gasteiger partial charge in [0, 0.05) is 17.5 Å². The lowest BCUT2D eigenvalue weighted by Crippen LogP contribution is -2.14. The van der Waals surface area contributed by atoms with Gasteiger partial charge in [0.2, 0.25) is 5.91 Å². The van der Waals surface area contributed by atoms with Crippen LogP contribution >= 0.6 is 11.8 Å². The number of rotatable bonds is 6. The van der Waals surface area contributed by atoms with Gasteiger partial charge in [-0.15, -0.1) is 11.8 Å². The van der Waals surface area contributed by atoms with Crippen molar-refractivity contribution in [1.82, 2.24) is 0 Å². The van der Waals surface area contributed by atoms with E-state index in [0.29, 0.717) is 5.75 Å². The van der Waals surface area contributed by atoms with Crippen LogP contribution in [-0.4, -0.2) is 17.4 Å². The number of anilines is 1. The highest BCUT2D eigenvalue weighted by Crippen LogP contribution is 2.13. The molecule has 0 aliphatic rings. The predicted octanol–water partition coefficient (Wildman–Crippen LogP) is 4.35. The molecule has 114 valence electrons. The van der Waals surface area contributed by atoms with Gasteiger partial charge in [-0.25, -0.2) is 8.78 Å². The molecular formula is C17H15F2NOS. The number of amides is 1. The van der Waals surface area contributed by atoms with Gasteiger partial charge < -0.3 is 5.32 Å². The van der Waals surface area contributed by atoms with Crippen LogP contribution in [0.1, 0.15) is 5.56 Å². The zero-order valence-electron chi connectivity index (χ0n) is 11.8. The van der Waals surface area contributed by atoms with Crippen LogP contribution < -0.4 is 5.32 Å². The molecule has 0 fully saturated rings. The molecule has 1 amide bonds. The molecule has 0 heterocycles. The van der Waals surface area contributed by atoms with Gasteiger partial charge in [0.1, 0.15) is 0 Å². The lowest BCUT2D eigenvalue weighted by atomic mass is 10.2. The van der Waals surface area contributed by atoms with E-state index in [1.807, 2.05) is 42.5 Å². The second-order valence-corrected chi connectivity index (χ2v) is 5.54. The maximum absolute atomic E-state index is 13.0. The Kier molecular flexibility index (Phi) is 6.15. The average molecular weight is 319 g/mol. The lowest BCUT2D eigenvalue weighted by Gasteiger charge is -2.04. The zero-order chi connectivity index (χ0) is 15.8. The van der Waals surface area contributed by atoms with Crippen molar-refractivity contribution in [2.24, 2.45) is 0 Å². The van der Waals surface area contributed by atoms with Crippen molar-refractivity contribution in [2.45, 2.75) is 0 Å². The van der Waals surface area contributed by atoms with Gasteiger partial charge >= 0.3 is 0 Å². The van der Waals surface area contributed by atoms with E-state index in [2.05, 4.69) is 5.32 Å². The Labute approximate surface area is 132 Å². The van der Waals surface area contributed by atoms with Crippen molar-refractivity contribution < 1.29 is 13.6 Å². The summed E-state index contributed by atoms with van der Waals surface area (Å²) in [6, 6.07) is 13.1. The molecule has 0 saturated heterocycles. The highest BCUT2D eigenvalue weighted by molar-refractivity contribution is 8.00. The van der Waals surface area contributed by atoms with Gasteiger partial charge in [-0.1, -0.05) is 42.5 Å². The van der Waals surface area contributed by atoms with E-state index >= 15 is 0 Å². The Balaban J connectivity index is 1.71. The molecule has 2 rings (SSSR count). The monoisotopic (exact) mass is 319 g/mol. The fourth-order valence-electron chi connectivity index (χ4n) is 1.74. The molecule has 2 aromatic rings. The first-order valence-electron chi connectivity index (χ1n) is 6.69. The fraction of sp³-hybridized carbons (Fsp3) is 0.118. The summed E-state index contributed by atoms with van der Waals surface area (Å²) in [7, 11) is 0. The third-order valence-corrected chi connectivity index (χ3v) is 3.65. The van der Waals surface area contributed by atoms with Gasteiger partial charge in [-0.05, 0) is 17.7 Å². The SMILES string of the molecule is O=C(CSC/C=C\c1ccccc1)Nc1ccc(F)c(F)c1. The van der Waals surface area contributed by atoms with Crippen molar-refractivity contribution in [1.29, 1.82) is 0 Å². The summed E-state index contributed by atoms with van der Waals surface area (Å²) < 4.78 is 25.8. The summed E-state index contributed by atoms with van der Waals surface area (Å²) in [4.78, 5) is 11.7. The molecule has 0 aromatic heterocycles. The van der Waals surface area contributed by atoms with E-state index in [0.717, 1.165) is 17.7 Å². The lowest BCUT2D eigenvalue weighted by molar-refractivity contribution is -0.113. The molecule has 0 bridgehead atoms. The highest BCUT2D eigenvalue weighted by Gasteiger charge is 2.05. The molecule has 5 heteroatoms. The van der Waals surface area contributed by atoms with Crippen molar-refractivity contribution in [3.63, 3.8) is 0 Å². The second-order valence-electron chi connectivity index (χ2n) is 4.51. The molecule has 0 aliphatic heterocycles. The minimum atomic E-state index is -0.976. The Morgan fingerprint density at radius 1 is 1.09 bits per heavy atom. The molecule has 0 unspecified atom stereocenters. The predicted molar refractivity (Wildman–Crippen MR) is 87.8 cm³/mol. The summed E-state index contributed by atoms with van der Waals surface area (Å²) in [6.07, 6.45) is 3.96. The van der Waals surface area contributed by atoms with Gasteiger partial charge in [0.05, 0.1) is 5.75 Å². The minimum absolute atomic E-state index is 0.246. The van der Waals surface area contributed by atoms with Crippen LogP contribution in [-0.2, 0) is 4.79 Å². The second kappa shape index (κ2) is 8.34. The third kappa shape index (κ3) is 5.33. The first-order chi connectivity index (χ1) is 10.6. The summed E-state index contributed by atoms with van der Waals surface area (Å²) in [5, 5.41) is 2.53. The number of nitrogens with one attached hydrogen (secondary N) is 1. The molecule has 2 aromatic carbocycles. The normalized spacial score (nSPS) is 10.8. The number of thioether (sulfide) groups is 1. The van der Waals surface area contributed by atoms with Gasteiger partial charge in [-0.3, -0.25) is 4.79 Å². The number of halogens is 2. The topological polar surface area (TPSA) is 29.1 Å². The van der Waals surface area contributed by atoms with Crippen LogP contribution in [0.2, 0.25) is 0 Å². The first-order valence-corrected chi connectivity index (χ1v) is 7.85. The largest absolute Gasteiger partial charge is 0.325 e. The molecular weight excluding hydrogens is 304 g/mol. The molecule has 0 atom stereocenters. The molecule has 1 N–H and O–H groups in total. The summed E-state index contributed by atoms with van der Waals surface area (Å²) in [5.74, 6) is -1.21. The van der Waals surface area contributed by atoms with Crippen molar-refractivity contribution in [2.75, 3.05) is 16.8 Å². The van der Waals surface area contributed by atoms with Crippen LogP contribution in [0.4, 0.5) is 14.5 Å². The third-order valence-electron chi connectivity index (χ3n) is 2.76. The van der Waals surface area contributed by atoms with Gasteiger partial charge in [-0.2, -0.15) is 0 Å². The molecule has 0 saturated carbocycles. The van der Waals surface area contributed by atoms with Crippen LogP contribution in [0.25, 0.3) is 6.08 Å². The van der Waals surface area contributed by atoms with Gasteiger partial charge in [0.15, 0.2) is 11.6 Å². The maximum atomic E-state index is 13.0. The Hall–Kier alpha value is -2.14. The van der Waals surface area contributed by atoms with E-state index in [9.17, 15) is 13.6 Å². The molecule has 0 aliphatic carbocycles. The Morgan fingerprint density at radius 2 is 1.86 bits per heavy atom. The average Bonchev–Trinajstić information content (AvgIpc) is 2.52. The number of carbonyl (C=O) groups is 1. The molecule has 22 heavy (non-hydrogen) atoms. The van der Waals surface area contributed by atoms with E-state index in [1.165, 1.54) is 17.8 Å². The number of hydrogen-bond donors (Lipinski definition) is 1. The summed E-state index contributed by atoms with van der Waals surface area (Å²) in [5.41, 5.74) is 1.36. The summed E-state index contributed by atoms with van der Waals surface area (Å²) >= 11 is 1.44. The van der Waals surface area contributed by atoms with Crippen molar-refractivity contribution >= 4 is 29.4 Å². The van der Waals surface area contributed by atoms with Crippen molar-refractivity contribution in [3.8, 4) is 0 Å².